The van der Waals surface area contributed by atoms with E-state index in [2.05, 4.69) is 57.0 Å². The highest BCUT2D eigenvalue weighted by Gasteiger charge is 2.09. The van der Waals surface area contributed by atoms with Crippen LogP contribution in [0.15, 0.2) is 45.6 Å². The monoisotopic (exact) mass is 324 g/mol. The van der Waals surface area contributed by atoms with Crippen molar-refractivity contribution in [1.82, 2.24) is 0 Å². The van der Waals surface area contributed by atoms with Crippen molar-refractivity contribution in [3.63, 3.8) is 0 Å². The van der Waals surface area contributed by atoms with Gasteiger partial charge in [-0.15, -0.1) is 0 Å². The molecule has 0 saturated carbocycles. The van der Waals surface area contributed by atoms with E-state index in [9.17, 15) is 5.11 Å². The maximum Gasteiger partial charge on any atom is 0.0462 e. The molecule has 0 spiro atoms. The molecule has 96 valence electrons. The summed E-state index contributed by atoms with van der Waals surface area (Å²) in [7, 11) is 0. The number of thiophene rings is 1. The molecule has 0 aliphatic rings. The standard InChI is InChI=1S/C15H17BrOS/c16-15-5-3-12(4-6-15)9-14(10-17)2-1-13-7-8-18-11-13/h3-8,11,14,17H,1-2,9-10H2. The van der Waals surface area contributed by atoms with Crippen LogP contribution in [0.5, 0.6) is 0 Å². The molecule has 2 rings (SSSR count). The van der Waals surface area contributed by atoms with Gasteiger partial charge in [-0.05, 0) is 65.3 Å². The molecule has 0 saturated heterocycles. The topological polar surface area (TPSA) is 20.2 Å². The Labute approximate surface area is 121 Å². The molecule has 0 amide bonds. The van der Waals surface area contributed by atoms with Gasteiger partial charge in [-0.25, -0.2) is 0 Å². The Morgan fingerprint density at radius 2 is 1.89 bits per heavy atom. The highest BCUT2D eigenvalue weighted by Crippen LogP contribution is 2.18. The molecule has 0 bridgehead atoms. The summed E-state index contributed by atoms with van der Waals surface area (Å²) in [5.41, 5.74) is 2.68. The summed E-state index contributed by atoms with van der Waals surface area (Å²) in [6.45, 7) is 0.264. The van der Waals surface area contributed by atoms with Crippen molar-refractivity contribution in [3.8, 4) is 0 Å². The molecule has 0 radical (unpaired) electrons. The molecule has 1 heterocycles. The number of aryl methyl sites for hydroxylation is 1. The molecule has 1 atom stereocenters. The lowest BCUT2D eigenvalue weighted by atomic mass is 9.94. The average Bonchev–Trinajstić information content (AvgIpc) is 2.90. The number of aliphatic hydroxyl groups excluding tert-OH is 1. The van der Waals surface area contributed by atoms with Crippen molar-refractivity contribution in [1.29, 1.82) is 0 Å². The van der Waals surface area contributed by atoms with Crippen LogP contribution in [-0.4, -0.2) is 11.7 Å². The molecule has 18 heavy (non-hydrogen) atoms. The second-order valence-electron chi connectivity index (χ2n) is 4.55. The van der Waals surface area contributed by atoms with Crippen molar-refractivity contribution >= 4 is 27.3 Å². The van der Waals surface area contributed by atoms with Crippen molar-refractivity contribution in [2.75, 3.05) is 6.61 Å². The fourth-order valence-corrected chi connectivity index (χ4v) is 2.98. The molecule has 1 unspecified atom stereocenters. The van der Waals surface area contributed by atoms with Gasteiger partial charge in [-0.1, -0.05) is 28.1 Å². The van der Waals surface area contributed by atoms with Gasteiger partial charge in [-0.2, -0.15) is 11.3 Å². The van der Waals surface area contributed by atoms with E-state index in [1.807, 2.05) is 0 Å². The Hall–Kier alpha value is -0.640. The van der Waals surface area contributed by atoms with Crippen molar-refractivity contribution in [2.24, 2.45) is 5.92 Å². The number of rotatable bonds is 6. The van der Waals surface area contributed by atoms with Crippen LogP contribution in [0.3, 0.4) is 0 Å². The number of hydrogen-bond acceptors (Lipinski definition) is 2. The van der Waals surface area contributed by atoms with Crippen molar-refractivity contribution in [2.45, 2.75) is 19.3 Å². The lowest BCUT2D eigenvalue weighted by molar-refractivity contribution is 0.218. The summed E-state index contributed by atoms with van der Waals surface area (Å²) >= 11 is 5.17. The molecule has 0 aliphatic heterocycles. The first-order valence-electron chi connectivity index (χ1n) is 6.14. The van der Waals surface area contributed by atoms with Gasteiger partial charge in [0.05, 0.1) is 0 Å². The van der Waals surface area contributed by atoms with Crippen LogP contribution < -0.4 is 0 Å². The molecule has 1 N–H and O–H groups in total. The maximum absolute atomic E-state index is 9.46. The number of aliphatic hydroxyl groups is 1. The van der Waals surface area contributed by atoms with E-state index in [1.165, 1.54) is 11.1 Å². The largest absolute Gasteiger partial charge is 0.396 e. The minimum Gasteiger partial charge on any atom is -0.396 e. The minimum atomic E-state index is 0.264. The van der Waals surface area contributed by atoms with E-state index < -0.39 is 0 Å². The Bertz CT molecular complexity index is 450. The van der Waals surface area contributed by atoms with Crippen LogP contribution in [0.25, 0.3) is 0 Å². The molecule has 3 heteroatoms. The first kappa shape index (κ1) is 13.8. The van der Waals surface area contributed by atoms with E-state index in [0.29, 0.717) is 5.92 Å². The molecular weight excluding hydrogens is 308 g/mol. The zero-order chi connectivity index (χ0) is 12.8. The molecule has 1 aromatic heterocycles. The second kappa shape index (κ2) is 7.07. The van der Waals surface area contributed by atoms with Gasteiger partial charge in [0.25, 0.3) is 0 Å². The second-order valence-corrected chi connectivity index (χ2v) is 6.25. The Morgan fingerprint density at radius 1 is 1.11 bits per heavy atom. The van der Waals surface area contributed by atoms with Gasteiger partial charge >= 0.3 is 0 Å². The van der Waals surface area contributed by atoms with Gasteiger partial charge in [-0.3, -0.25) is 0 Å². The summed E-state index contributed by atoms with van der Waals surface area (Å²) in [4.78, 5) is 0. The number of hydrogen-bond donors (Lipinski definition) is 1. The minimum absolute atomic E-state index is 0.264. The lowest BCUT2D eigenvalue weighted by Gasteiger charge is -2.13. The fourth-order valence-electron chi connectivity index (χ4n) is 2.02. The summed E-state index contributed by atoms with van der Waals surface area (Å²) < 4.78 is 1.10. The maximum atomic E-state index is 9.46. The normalized spacial score (nSPS) is 12.6. The van der Waals surface area contributed by atoms with Crippen LogP contribution in [0.1, 0.15) is 17.5 Å². The Balaban J connectivity index is 1.87. The highest BCUT2D eigenvalue weighted by molar-refractivity contribution is 9.10. The number of halogens is 1. The molecule has 0 fully saturated rings. The van der Waals surface area contributed by atoms with Crippen LogP contribution in [0.4, 0.5) is 0 Å². The Kier molecular flexibility index (Phi) is 5.42. The third-order valence-electron chi connectivity index (χ3n) is 3.12. The van der Waals surface area contributed by atoms with Gasteiger partial charge < -0.3 is 5.11 Å². The van der Waals surface area contributed by atoms with Gasteiger partial charge in [0.2, 0.25) is 0 Å². The van der Waals surface area contributed by atoms with E-state index in [4.69, 9.17) is 0 Å². The van der Waals surface area contributed by atoms with E-state index in [0.717, 1.165) is 23.7 Å². The molecule has 2 aromatic rings. The lowest BCUT2D eigenvalue weighted by Crippen LogP contribution is -2.10. The predicted molar refractivity (Wildman–Crippen MR) is 81.1 cm³/mol. The van der Waals surface area contributed by atoms with Gasteiger partial charge in [0, 0.05) is 11.1 Å². The fraction of sp³-hybridized carbons (Fsp3) is 0.333. The van der Waals surface area contributed by atoms with Crippen LogP contribution in [0.2, 0.25) is 0 Å². The molecular formula is C15H17BrOS. The smallest absolute Gasteiger partial charge is 0.0462 e. The Morgan fingerprint density at radius 3 is 2.50 bits per heavy atom. The highest BCUT2D eigenvalue weighted by atomic mass is 79.9. The van der Waals surface area contributed by atoms with E-state index in [1.54, 1.807) is 11.3 Å². The van der Waals surface area contributed by atoms with Crippen molar-refractivity contribution < 1.29 is 5.11 Å². The average molecular weight is 325 g/mol. The SMILES string of the molecule is OCC(CCc1ccsc1)Cc1ccc(Br)cc1. The molecule has 1 aromatic carbocycles. The third kappa shape index (κ3) is 4.23. The zero-order valence-corrected chi connectivity index (χ0v) is 12.6. The van der Waals surface area contributed by atoms with Crippen LogP contribution in [-0.2, 0) is 12.8 Å². The quantitative estimate of drug-likeness (QED) is 0.840. The van der Waals surface area contributed by atoms with Crippen molar-refractivity contribution in [3.05, 3.63) is 56.7 Å². The molecule has 0 aliphatic carbocycles. The zero-order valence-electron chi connectivity index (χ0n) is 10.2. The van der Waals surface area contributed by atoms with E-state index >= 15 is 0 Å². The summed E-state index contributed by atoms with van der Waals surface area (Å²) in [6, 6.07) is 10.5. The summed E-state index contributed by atoms with van der Waals surface area (Å²) in [5.74, 6) is 0.353. The van der Waals surface area contributed by atoms with Gasteiger partial charge in [0.15, 0.2) is 0 Å². The summed E-state index contributed by atoms with van der Waals surface area (Å²) in [5, 5.41) is 13.8. The predicted octanol–water partition coefficient (Wildman–Crippen LogP) is 4.29. The van der Waals surface area contributed by atoms with Gasteiger partial charge in [0.1, 0.15) is 0 Å². The number of benzene rings is 1. The third-order valence-corrected chi connectivity index (χ3v) is 4.38. The van der Waals surface area contributed by atoms with Crippen LogP contribution >= 0.6 is 27.3 Å². The first-order chi connectivity index (χ1) is 8.78. The van der Waals surface area contributed by atoms with E-state index in [-0.39, 0.29) is 6.61 Å². The molecule has 1 nitrogen and oxygen atoms in total. The van der Waals surface area contributed by atoms with Crippen LogP contribution in [0, 0.1) is 5.92 Å². The first-order valence-corrected chi connectivity index (χ1v) is 7.88. The summed E-state index contributed by atoms with van der Waals surface area (Å²) in [6.07, 6.45) is 3.06.